The predicted octanol–water partition coefficient (Wildman–Crippen LogP) is 9.39. The van der Waals surface area contributed by atoms with Crippen LogP contribution < -0.4 is 0 Å². The molecule has 0 saturated carbocycles. The molecule has 6 aromatic rings. The zero-order chi connectivity index (χ0) is 31.7. The second kappa shape index (κ2) is 11.8. The Morgan fingerprint density at radius 1 is 0.435 bits per heavy atom. The van der Waals surface area contributed by atoms with E-state index >= 15 is 13.2 Å². The molecule has 1 aliphatic heterocycles. The smallest absolute Gasteiger partial charge is 0.255 e. The highest BCUT2D eigenvalue weighted by molar-refractivity contribution is 7.15. The second-order valence-electron chi connectivity index (χ2n) is 11.1. The van der Waals surface area contributed by atoms with Crippen molar-refractivity contribution in [1.29, 1.82) is 0 Å². The molecule has 5 heterocycles. The van der Waals surface area contributed by atoms with E-state index in [4.69, 9.17) is 9.97 Å². The summed E-state index contributed by atoms with van der Waals surface area (Å²) in [5.74, 6) is -4.60. The van der Waals surface area contributed by atoms with Crippen molar-refractivity contribution in [3.8, 4) is 22.8 Å². The van der Waals surface area contributed by atoms with Gasteiger partial charge in [0.1, 0.15) is 0 Å². The molecule has 0 saturated heterocycles. The Bertz CT molecular complexity index is 1940. The Morgan fingerprint density at radius 2 is 0.804 bits per heavy atom. The SMILES string of the molecule is C[Si]1(C(F)(F)F)C(c2cccc(-c3ccccn3)n2)=C(c2ccccc2)C(c2ccccc2)=C1c1cccc(-c2ccccn2)n1. The van der Waals surface area contributed by atoms with Crippen LogP contribution in [0, 0.1) is 0 Å². The molecule has 0 radical (unpaired) electrons. The Kier molecular flexibility index (Phi) is 7.50. The minimum Gasteiger partial charge on any atom is -0.255 e. The number of pyridine rings is 4. The molecule has 0 bridgehead atoms. The maximum atomic E-state index is 16.2. The molecule has 0 unspecified atom stereocenters. The van der Waals surface area contributed by atoms with Gasteiger partial charge in [-0.1, -0.05) is 91.5 Å². The molecular weight excluding hydrogens is 598 g/mol. The van der Waals surface area contributed by atoms with E-state index in [1.807, 2.05) is 72.8 Å². The van der Waals surface area contributed by atoms with Crippen LogP contribution in [0.2, 0.25) is 6.55 Å². The van der Waals surface area contributed by atoms with Crippen LogP contribution in [0.15, 0.2) is 146 Å². The number of rotatable bonds is 6. The summed E-state index contributed by atoms with van der Waals surface area (Å²) in [6.07, 6.45) is 3.30. The Balaban J connectivity index is 1.60. The Labute approximate surface area is 265 Å². The monoisotopic (exact) mass is 624 g/mol. The van der Waals surface area contributed by atoms with Crippen LogP contribution in [0.5, 0.6) is 0 Å². The van der Waals surface area contributed by atoms with Crippen molar-refractivity contribution in [3.63, 3.8) is 0 Å². The summed E-state index contributed by atoms with van der Waals surface area (Å²) < 4.78 is 48.5. The second-order valence-corrected chi connectivity index (χ2v) is 14.9. The van der Waals surface area contributed by atoms with Crippen LogP contribution in [-0.4, -0.2) is 33.8 Å². The van der Waals surface area contributed by atoms with E-state index in [1.54, 1.807) is 73.1 Å². The average molecular weight is 625 g/mol. The fourth-order valence-corrected chi connectivity index (χ4v) is 9.83. The summed E-state index contributed by atoms with van der Waals surface area (Å²) in [6, 6.07) is 39.9. The van der Waals surface area contributed by atoms with Crippen molar-refractivity contribution in [2.75, 3.05) is 0 Å². The summed E-state index contributed by atoms with van der Waals surface area (Å²) in [4.78, 5) is 18.6. The zero-order valence-electron chi connectivity index (χ0n) is 24.8. The molecule has 8 heteroatoms. The summed E-state index contributed by atoms with van der Waals surface area (Å²) in [5, 5.41) is 0.394. The predicted molar refractivity (Wildman–Crippen MR) is 179 cm³/mol. The van der Waals surface area contributed by atoms with Gasteiger partial charge in [0, 0.05) is 12.4 Å². The largest absolute Gasteiger partial charge is 0.370 e. The lowest BCUT2D eigenvalue weighted by atomic mass is 9.90. The Morgan fingerprint density at radius 3 is 1.17 bits per heavy atom. The maximum absolute atomic E-state index is 16.2. The van der Waals surface area contributed by atoms with E-state index in [9.17, 15) is 0 Å². The highest BCUT2D eigenvalue weighted by Gasteiger charge is 2.64. The fourth-order valence-electron chi connectivity index (χ4n) is 6.18. The minimum absolute atomic E-state index is 0.197. The molecule has 4 nitrogen and oxygen atoms in total. The lowest BCUT2D eigenvalue weighted by molar-refractivity contribution is -0.0523. The number of aromatic nitrogens is 4. The van der Waals surface area contributed by atoms with E-state index in [-0.39, 0.29) is 21.8 Å². The van der Waals surface area contributed by atoms with Gasteiger partial charge in [-0.25, -0.2) is 9.97 Å². The Hall–Kier alpha value is -5.47. The van der Waals surface area contributed by atoms with Crippen molar-refractivity contribution >= 4 is 29.6 Å². The van der Waals surface area contributed by atoms with Crippen molar-refractivity contribution in [3.05, 3.63) is 168 Å². The number of hydrogen-bond donors (Lipinski definition) is 0. The molecule has 4 aromatic heterocycles. The first-order valence-corrected chi connectivity index (χ1v) is 17.3. The summed E-state index contributed by atoms with van der Waals surface area (Å²) in [6.45, 7) is 1.39. The van der Waals surface area contributed by atoms with Gasteiger partial charge in [-0.3, -0.25) is 9.97 Å². The minimum atomic E-state index is -4.67. The summed E-state index contributed by atoms with van der Waals surface area (Å²) in [5.41, 5.74) is 5.12. The third-order valence-corrected chi connectivity index (χ3v) is 12.5. The molecule has 1 aliphatic rings. The molecule has 0 N–H and O–H groups in total. The summed E-state index contributed by atoms with van der Waals surface area (Å²) >= 11 is 0. The van der Waals surface area contributed by atoms with Crippen molar-refractivity contribution in [2.24, 2.45) is 0 Å². The molecular formula is C38H27F3N4Si. The van der Waals surface area contributed by atoms with Gasteiger partial charge in [0.15, 0.2) is 0 Å². The van der Waals surface area contributed by atoms with E-state index in [0.29, 0.717) is 45.0 Å². The van der Waals surface area contributed by atoms with Crippen LogP contribution in [0.1, 0.15) is 22.5 Å². The van der Waals surface area contributed by atoms with Gasteiger partial charge in [0.25, 0.3) is 0 Å². The van der Waals surface area contributed by atoms with Gasteiger partial charge in [0.2, 0.25) is 8.07 Å². The first-order chi connectivity index (χ1) is 22.4. The van der Waals surface area contributed by atoms with Gasteiger partial charge in [-0.05, 0) is 81.2 Å². The highest BCUT2D eigenvalue weighted by atomic mass is 28.3. The quantitative estimate of drug-likeness (QED) is 0.173. The van der Waals surface area contributed by atoms with Crippen LogP contribution in [0.4, 0.5) is 13.2 Å². The van der Waals surface area contributed by atoms with Crippen LogP contribution in [-0.2, 0) is 0 Å². The van der Waals surface area contributed by atoms with Gasteiger partial charge in [-0.2, -0.15) is 13.2 Å². The van der Waals surface area contributed by atoms with Crippen molar-refractivity contribution in [2.45, 2.75) is 12.3 Å². The number of benzene rings is 2. The van der Waals surface area contributed by atoms with E-state index in [1.165, 1.54) is 6.55 Å². The number of halogens is 3. The van der Waals surface area contributed by atoms with E-state index < -0.39 is 13.9 Å². The summed E-state index contributed by atoms with van der Waals surface area (Å²) in [7, 11) is -4.67. The van der Waals surface area contributed by atoms with E-state index in [0.717, 1.165) is 0 Å². The maximum Gasteiger partial charge on any atom is 0.370 e. The lowest BCUT2D eigenvalue weighted by Crippen LogP contribution is -2.49. The highest BCUT2D eigenvalue weighted by Crippen LogP contribution is 2.59. The molecule has 2 aromatic carbocycles. The van der Waals surface area contributed by atoms with Gasteiger partial charge >= 0.3 is 5.80 Å². The van der Waals surface area contributed by atoms with Gasteiger partial charge < -0.3 is 0 Å². The molecule has 7 rings (SSSR count). The van der Waals surface area contributed by atoms with Crippen LogP contribution in [0.25, 0.3) is 44.3 Å². The zero-order valence-corrected chi connectivity index (χ0v) is 25.8. The molecule has 0 fully saturated rings. The number of alkyl halides is 3. The molecule has 0 spiro atoms. The average Bonchev–Trinajstić information content (AvgIpc) is 3.40. The first-order valence-electron chi connectivity index (χ1n) is 14.8. The molecule has 0 aliphatic carbocycles. The van der Waals surface area contributed by atoms with Gasteiger partial charge in [0.05, 0.1) is 34.2 Å². The van der Waals surface area contributed by atoms with Crippen LogP contribution >= 0.6 is 0 Å². The van der Waals surface area contributed by atoms with Crippen molar-refractivity contribution < 1.29 is 13.2 Å². The van der Waals surface area contributed by atoms with E-state index in [2.05, 4.69) is 9.97 Å². The van der Waals surface area contributed by atoms with Crippen LogP contribution in [0.3, 0.4) is 0 Å². The normalized spacial score (nSPS) is 14.5. The van der Waals surface area contributed by atoms with Gasteiger partial charge in [-0.15, -0.1) is 0 Å². The number of nitrogens with zero attached hydrogens (tertiary/aromatic N) is 4. The fraction of sp³-hybridized carbons (Fsp3) is 0.0526. The third kappa shape index (κ3) is 5.06. The standard InChI is InChI=1S/C38H27F3N4Si/c1-46(38(39,40)41)36(32-22-12-20-30(44-32)28-18-8-10-24-42-28)34(26-14-4-2-5-15-26)35(27-16-6-3-7-17-27)37(46)33-23-13-21-31(45-33)29-19-9-11-25-43-29/h2-25H,1H3. The topological polar surface area (TPSA) is 51.6 Å². The third-order valence-electron chi connectivity index (χ3n) is 8.31. The molecule has 224 valence electrons. The number of hydrogen-bond acceptors (Lipinski definition) is 4. The number of allylic oxidation sites excluding steroid dienone is 2. The lowest BCUT2D eigenvalue weighted by Gasteiger charge is -2.31. The van der Waals surface area contributed by atoms with Crippen molar-refractivity contribution in [1.82, 2.24) is 19.9 Å². The first kappa shape index (κ1) is 29.2. The molecule has 0 amide bonds. The molecule has 46 heavy (non-hydrogen) atoms. The molecule has 0 atom stereocenters.